The highest BCUT2D eigenvalue weighted by molar-refractivity contribution is 5.81. The number of nitriles is 1. The van der Waals surface area contributed by atoms with Crippen LogP contribution in [-0.4, -0.2) is 5.11 Å². The monoisotopic (exact) mass is 201 g/mol. The van der Waals surface area contributed by atoms with Crippen LogP contribution in [0, 0.1) is 18.3 Å². The van der Waals surface area contributed by atoms with Crippen molar-refractivity contribution in [2.75, 3.05) is 0 Å². The van der Waals surface area contributed by atoms with Crippen molar-refractivity contribution in [3.63, 3.8) is 0 Å². The lowest BCUT2D eigenvalue weighted by Crippen LogP contribution is -1.95. The summed E-state index contributed by atoms with van der Waals surface area (Å²) < 4.78 is 5.51. The van der Waals surface area contributed by atoms with Crippen LogP contribution in [0.3, 0.4) is 0 Å². The molecule has 0 aliphatic heterocycles. The minimum atomic E-state index is -0.831. The summed E-state index contributed by atoms with van der Waals surface area (Å²) in [6.45, 7) is 1.89. The molecule has 0 saturated heterocycles. The zero-order valence-corrected chi connectivity index (χ0v) is 8.40. The van der Waals surface area contributed by atoms with Crippen molar-refractivity contribution >= 4 is 11.0 Å². The first kappa shape index (κ1) is 9.75. The van der Waals surface area contributed by atoms with Gasteiger partial charge in [0.05, 0.1) is 12.5 Å². The number of hydrogen-bond acceptors (Lipinski definition) is 3. The Balaban J connectivity index is 2.54. The Morgan fingerprint density at radius 1 is 1.47 bits per heavy atom. The topological polar surface area (TPSA) is 57.2 Å². The number of nitrogens with zero attached hydrogens (tertiary/aromatic N) is 1. The summed E-state index contributed by atoms with van der Waals surface area (Å²) in [4.78, 5) is 0. The quantitative estimate of drug-likeness (QED) is 0.812. The summed E-state index contributed by atoms with van der Waals surface area (Å²) in [6.07, 6.45) is -0.775. The molecule has 0 radical (unpaired) electrons. The molecule has 1 aromatic carbocycles. The molecule has 1 aromatic heterocycles. The van der Waals surface area contributed by atoms with Gasteiger partial charge >= 0.3 is 0 Å². The summed E-state index contributed by atoms with van der Waals surface area (Å²) in [7, 11) is 0. The highest BCUT2D eigenvalue weighted by Crippen LogP contribution is 2.30. The van der Waals surface area contributed by atoms with Crippen molar-refractivity contribution in [3.8, 4) is 6.07 Å². The van der Waals surface area contributed by atoms with Gasteiger partial charge in [-0.15, -0.1) is 0 Å². The summed E-state index contributed by atoms with van der Waals surface area (Å²) in [5, 5.41) is 19.2. The maximum atomic E-state index is 9.69. The van der Waals surface area contributed by atoms with Crippen LogP contribution in [-0.2, 0) is 0 Å². The first-order valence-electron chi connectivity index (χ1n) is 4.77. The van der Waals surface area contributed by atoms with Gasteiger partial charge in [-0.05, 0) is 13.0 Å². The third-order valence-corrected chi connectivity index (χ3v) is 2.47. The lowest BCUT2D eigenvalue weighted by Gasteiger charge is -2.02. The molecular weight excluding hydrogens is 190 g/mol. The second-order valence-electron chi connectivity index (χ2n) is 3.47. The minimum absolute atomic E-state index is 0.0562. The van der Waals surface area contributed by atoms with Gasteiger partial charge in [0, 0.05) is 10.9 Å². The highest BCUT2D eigenvalue weighted by atomic mass is 16.4. The van der Waals surface area contributed by atoms with Crippen LogP contribution >= 0.6 is 0 Å². The molecule has 2 aromatic rings. The molecule has 0 spiro atoms. The average molecular weight is 201 g/mol. The molecule has 3 heteroatoms. The molecule has 1 N–H and O–H groups in total. The lowest BCUT2D eigenvalue weighted by molar-refractivity contribution is 0.156. The molecular formula is C12H11NO2. The van der Waals surface area contributed by atoms with Gasteiger partial charge in [-0.3, -0.25) is 0 Å². The molecule has 1 heterocycles. The fourth-order valence-electron chi connectivity index (χ4n) is 1.69. The number of aliphatic hydroxyl groups is 1. The van der Waals surface area contributed by atoms with Crippen LogP contribution < -0.4 is 0 Å². The van der Waals surface area contributed by atoms with Crippen LogP contribution in [0.15, 0.2) is 28.7 Å². The Labute approximate surface area is 87.6 Å². The minimum Gasteiger partial charge on any atom is -0.458 e. The number of para-hydroxylation sites is 1. The van der Waals surface area contributed by atoms with E-state index in [0.29, 0.717) is 5.76 Å². The molecule has 0 aliphatic carbocycles. The van der Waals surface area contributed by atoms with E-state index < -0.39 is 6.10 Å². The van der Waals surface area contributed by atoms with Gasteiger partial charge in [0.1, 0.15) is 17.4 Å². The predicted molar refractivity (Wildman–Crippen MR) is 56.1 cm³/mol. The van der Waals surface area contributed by atoms with Crippen molar-refractivity contribution in [2.24, 2.45) is 0 Å². The Morgan fingerprint density at radius 2 is 2.20 bits per heavy atom. The number of hydrogen-bond donors (Lipinski definition) is 1. The number of furan rings is 1. The molecule has 0 saturated carbocycles. The number of rotatable bonds is 2. The fraction of sp³-hybridized carbons (Fsp3) is 0.250. The standard InChI is InChI=1S/C12H11NO2/c1-8-9-4-2-3-5-11(9)15-12(8)10(14)6-7-13/h2-5,10,14H,6H2,1H3. The third kappa shape index (κ3) is 1.60. The normalized spacial score (nSPS) is 12.6. The Kier molecular flexibility index (Phi) is 2.44. The highest BCUT2D eigenvalue weighted by Gasteiger charge is 2.17. The Morgan fingerprint density at radius 3 is 2.87 bits per heavy atom. The van der Waals surface area contributed by atoms with Gasteiger partial charge in [0.25, 0.3) is 0 Å². The van der Waals surface area contributed by atoms with Crippen LogP contribution in [0.2, 0.25) is 0 Å². The van der Waals surface area contributed by atoms with Crippen molar-refractivity contribution in [2.45, 2.75) is 19.4 Å². The maximum absolute atomic E-state index is 9.69. The zero-order chi connectivity index (χ0) is 10.8. The largest absolute Gasteiger partial charge is 0.458 e. The predicted octanol–water partition coefficient (Wildman–Crippen LogP) is 2.69. The molecule has 3 nitrogen and oxygen atoms in total. The molecule has 1 atom stereocenters. The maximum Gasteiger partial charge on any atom is 0.137 e. The second-order valence-corrected chi connectivity index (χ2v) is 3.47. The van der Waals surface area contributed by atoms with E-state index in [9.17, 15) is 5.11 Å². The van der Waals surface area contributed by atoms with E-state index in [0.717, 1.165) is 16.5 Å². The average Bonchev–Trinajstić information content (AvgIpc) is 2.57. The van der Waals surface area contributed by atoms with E-state index in [4.69, 9.17) is 9.68 Å². The van der Waals surface area contributed by atoms with Gasteiger partial charge in [-0.1, -0.05) is 18.2 Å². The Bertz CT molecular complexity index is 522. The van der Waals surface area contributed by atoms with E-state index >= 15 is 0 Å². The molecule has 0 bridgehead atoms. The number of fused-ring (bicyclic) bond motifs is 1. The summed E-state index contributed by atoms with van der Waals surface area (Å²) >= 11 is 0. The molecule has 0 fully saturated rings. The second kappa shape index (κ2) is 3.76. The van der Waals surface area contributed by atoms with Crippen LogP contribution in [0.1, 0.15) is 23.8 Å². The fourth-order valence-corrected chi connectivity index (χ4v) is 1.69. The summed E-state index contributed by atoms with van der Waals surface area (Å²) in [5.41, 5.74) is 1.66. The third-order valence-electron chi connectivity index (χ3n) is 2.47. The van der Waals surface area contributed by atoms with Crippen molar-refractivity contribution < 1.29 is 9.52 Å². The number of aryl methyl sites for hydroxylation is 1. The molecule has 0 aliphatic rings. The van der Waals surface area contributed by atoms with Gasteiger partial charge < -0.3 is 9.52 Å². The van der Waals surface area contributed by atoms with E-state index in [1.54, 1.807) is 0 Å². The van der Waals surface area contributed by atoms with Gasteiger partial charge in [0.15, 0.2) is 0 Å². The summed E-state index contributed by atoms with van der Waals surface area (Å²) in [6, 6.07) is 9.52. The van der Waals surface area contributed by atoms with Crippen LogP contribution in [0.25, 0.3) is 11.0 Å². The summed E-state index contributed by atoms with van der Waals surface area (Å²) in [5.74, 6) is 0.498. The number of aliphatic hydroxyl groups excluding tert-OH is 1. The van der Waals surface area contributed by atoms with Gasteiger partial charge in [0.2, 0.25) is 0 Å². The van der Waals surface area contributed by atoms with Crippen LogP contribution in [0.4, 0.5) is 0 Å². The molecule has 0 amide bonds. The first-order chi connectivity index (χ1) is 7.24. The van der Waals surface area contributed by atoms with Gasteiger partial charge in [-0.2, -0.15) is 5.26 Å². The number of benzene rings is 1. The molecule has 2 rings (SSSR count). The van der Waals surface area contributed by atoms with Gasteiger partial charge in [-0.25, -0.2) is 0 Å². The smallest absolute Gasteiger partial charge is 0.137 e. The van der Waals surface area contributed by atoms with Crippen molar-refractivity contribution in [3.05, 3.63) is 35.6 Å². The molecule has 1 unspecified atom stereocenters. The van der Waals surface area contributed by atoms with E-state index in [1.165, 1.54) is 0 Å². The zero-order valence-electron chi connectivity index (χ0n) is 8.40. The van der Waals surface area contributed by atoms with E-state index in [1.807, 2.05) is 37.3 Å². The SMILES string of the molecule is Cc1c(C(O)CC#N)oc2ccccc12. The molecule has 15 heavy (non-hydrogen) atoms. The Hall–Kier alpha value is -1.79. The first-order valence-corrected chi connectivity index (χ1v) is 4.77. The molecule has 76 valence electrons. The lowest BCUT2D eigenvalue weighted by atomic mass is 10.1. The van der Waals surface area contributed by atoms with E-state index in [2.05, 4.69) is 0 Å². The van der Waals surface area contributed by atoms with E-state index in [-0.39, 0.29) is 6.42 Å². The van der Waals surface area contributed by atoms with Crippen molar-refractivity contribution in [1.82, 2.24) is 0 Å². The van der Waals surface area contributed by atoms with Crippen LogP contribution in [0.5, 0.6) is 0 Å². The van der Waals surface area contributed by atoms with Crippen molar-refractivity contribution in [1.29, 1.82) is 5.26 Å².